The average Bonchev–Trinajstić information content (AvgIpc) is 2.19. The van der Waals surface area contributed by atoms with Crippen molar-refractivity contribution in [3.63, 3.8) is 0 Å². The standard InChI is InChI=1S/C11H15F2NO/c1-15-5-4-10(14)6-8-2-3-9(12)7-11(8)13/h2-3,7,10H,4-6,14H2,1H3. The maximum Gasteiger partial charge on any atom is 0.129 e. The topological polar surface area (TPSA) is 35.2 Å². The van der Waals surface area contributed by atoms with Crippen molar-refractivity contribution in [3.05, 3.63) is 35.4 Å². The molecular formula is C11H15F2NO. The van der Waals surface area contributed by atoms with E-state index in [0.717, 1.165) is 6.07 Å². The second-order valence-electron chi connectivity index (χ2n) is 3.48. The van der Waals surface area contributed by atoms with Gasteiger partial charge in [0.15, 0.2) is 0 Å². The second kappa shape index (κ2) is 5.78. The summed E-state index contributed by atoms with van der Waals surface area (Å²) in [5.74, 6) is -1.11. The molecular weight excluding hydrogens is 200 g/mol. The second-order valence-corrected chi connectivity index (χ2v) is 3.48. The fourth-order valence-electron chi connectivity index (χ4n) is 1.34. The SMILES string of the molecule is COCCC(N)Cc1ccc(F)cc1F. The summed E-state index contributed by atoms with van der Waals surface area (Å²) in [7, 11) is 1.59. The molecule has 1 aromatic rings. The van der Waals surface area contributed by atoms with Crippen LogP contribution in [0.3, 0.4) is 0 Å². The zero-order chi connectivity index (χ0) is 11.3. The van der Waals surface area contributed by atoms with Crippen LogP contribution in [0.25, 0.3) is 0 Å². The molecule has 1 aromatic carbocycles. The third-order valence-corrected chi connectivity index (χ3v) is 2.19. The lowest BCUT2D eigenvalue weighted by molar-refractivity contribution is 0.187. The molecule has 0 bridgehead atoms. The maximum atomic E-state index is 13.2. The third-order valence-electron chi connectivity index (χ3n) is 2.19. The average molecular weight is 215 g/mol. The van der Waals surface area contributed by atoms with Gasteiger partial charge in [0.05, 0.1) is 0 Å². The Morgan fingerprint density at radius 1 is 1.40 bits per heavy atom. The van der Waals surface area contributed by atoms with Crippen LogP contribution in [0, 0.1) is 11.6 Å². The molecule has 84 valence electrons. The molecule has 0 heterocycles. The molecule has 4 heteroatoms. The van der Waals surface area contributed by atoms with Gasteiger partial charge in [0.25, 0.3) is 0 Å². The number of hydrogen-bond donors (Lipinski definition) is 1. The molecule has 0 aliphatic carbocycles. The highest BCUT2D eigenvalue weighted by Crippen LogP contribution is 2.12. The Labute approximate surface area is 88.0 Å². The molecule has 0 spiro atoms. The molecule has 0 amide bonds. The molecule has 0 saturated heterocycles. The van der Waals surface area contributed by atoms with Crippen LogP contribution in [0.2, 0.25) is 0 Å². The van der Waals surface area contributed by atoms with E-state index in [1.165, 1.54) is 12.1 Å². The van der Waals surface area contributed by atoms with Crippen LogP contribution in [-0.4, -0.2) is 19.8 Å². The van der Waals surface area contributed by atoms with E-state index in [2.05, 4.69) is 0 Å². The zero-order valence-corrected chi connectivity index (χ0v) is 8.67. The van der Waals surface area contributed by atoms with Crippen molar-refractivity contribution in [2.75, 3.05) is 13.7 Å². The Balaban J connectivity index is 2.56. The number of rotatable bonds is 5. The first-order valence-corrected chi connectivity index (χ1v) is 4.82. The number of halogens is 2. The van der Waals surface area contributed by atoms with Gasteiger partial charge in [-0.2, -0.15) is 0 Å². The molecule has 1 unspecified atom stereocenters. The smallest absolute Gasteiger partial charge is 0.129 e. The van der Waals surface area contributed by atoms with Gasteiger partial charge in [-0.05, 0) is 24.5 Å². The number of methoxy groups -OCH3 is 1. The van der Waals surface area contributed by atoms with E-state index in [1.54, 1.807) is 7.11 Å². The van der Waals surface area contributed by atoms with Crippen molar-refractivity contribution in [3.8, 4) is 0 Å². The van der Waals surface area contributed by atoms with Crippen LogP contribution < -0.4 is 5.73 Å². The van der Waals surface area contributed by atoms with Crippen LogP contribution in [0.1, 0.15) is 12.0 Å². The molecule has 1 atom stereocenters. The Morgan fingerprint density at radius 3 is 2.73 bits per heavy atom. The fourth-order valence-corrected chi connectivity index (χ4v) is 1.34. The summed E-state index contributed by atoms with van der Waals surface area (Å²) < 4.78 is 30.7. The Bertz CT molecular complexity index is 317. The number of nitrogens with two attached hydrogens (primary N) is 1. The zero-order valence-electron chi connectivity index (χ0n) is 8.67. The van der Waals surface area contributed by atoms with E-state index in [1.807, 2.05) is 0 Å². The molecule has 0 aliphatic heterocycles. The van der Waals surface area contributed by atoms with Crippen molar-refractivity contribution in [2.45, 2.75) is 18.9 Å². The van der Waals surface area contributed by atoms with Gasteiger partial charge < -0.3 is 10.5 Å². The lowest BCUT2D eigenvalue weighted by Crippen LogP contribution is -2.24. The van der Waals surface area contributed by atoms with Crippen molar-refractivity contribution in [1.29, 1.82) is 0 Å². The summed E-state index contributed by atoms with van der Waals surface area (Å²) in [5, 5.41) is 0. The summed E-state index contributed by atoms with van der Waals surface area (Å²) in [6, 6.07) is 3.38. The summed E-state index contributed by atoms with van der Waals surface area (Å²) in [5.41, 5.74) is 6.20. The van der Waals surface area contributed by atoms with Gasteiger partial charge in [-0.3, -0.25) is 0 Å². The molecule has 2 N–H and O–H groups in total. The minimum atomic E-state index is -0.568. The summed E-state index contributed by atoms with van der Waals surface area (Å²) >= 11 is 0. The first-order valence-electron chi connectivity index (χ1n) is 4.82. The molecule has 0 saturated carbocycles. The van der Waals surface area contributed by atoms with Gasteiger partial charge in [0.2, 0.25) is 0 Å². The quantitative estimate of drug-likeness (QED) is 0.813. The van der Waals surface area contributed by atoms with Gasteiger partial charge >= 0.3 is 0 Å². The predicted octanol–water partition coefficient (Wildman–Crippen LogP) is 1.87. The molecule has 0 fully saturated rings. The highest BCUT2D eigenvalue weighted by atomic mass is 19.1. The number of hydrogen-bond acceptors (Lipinski definition) is 2. The van der Waals surface area contributed by atoms with Crippen LogP contribution in [0.5, 0.6) is 0 Å². The number of benzene rings is 1. The first-order chi connectivity index (χ1) is 7.13. The first kappa shape index (κ1) is 12.1. The van der Waals surface area contributed by atoms with Gasteiger partial charge in [-0.1, -0.05) is 6.07 Å². The summed E-state index contributed by atoms with van der Waals surface area (Å²) in [6.45, 7) is 0.546. The molecule has 2 nitrogen and oxygen atoms in total. The predicted molar refractivity (Wildman–Crippen MR) is 54.5 cm³/mol. The Morgan fingerprint density at radius 2 is 2.13 bits per heavy atom. The maximum absolute atomic E-state index is 13.2. The van der Waals surface area contributed by atoms with Crippen LogP contribution >= 0.6 is 0 Å². The normalized spacial score (nSPS) is 12.8. The van der Waals surface area contributed by atoms with Gasteiger partial charge in [0.1, 0.15) is 11.6 Å². The summed E-state index contributed by atoms with van der Waals surface area (Å²) in [4.78, 5) is 0. The Kier molecular flexibility index (Phi) is 4.65. The lowest BCUT2D eigenvalue weighted by atomic mass is 10.0. The molecule has 15 heavy (non-hydrogen) atoms. The van der Waals surface area contributed by atoms with Gasteiger partial charge in [-0.25, -0.2) is 8.78 Å². The van der Waals surface area contributed by atoms with Crippen molar-refractivity contribution >= 4 is 0 Å². The fraction of sp³-hybridized carbons (Fsp3) is 0.455. The van der Waals surface area contributed by atoms with Gasteiger partial charge in [-0.15, -0.1) is 0 Å². The minimum Gasteiger partial charge on any atom is -0.385 e. The van der Waals surface area contributed by atoms with Crippen LogP contribution in [0.15, 0.2) is 18.2 Å². The number of ether oxygens (including phenoxy) is 1. The van der Waals surface area contributed by atoms with E-state index in [4.69, 9.17) is 10.5 Å². The monoisotopic (exact) mass is 215 g/mol. The van der Waals surface area contributed by atoms with E-state index in [0.29, 0.717) is 25.0 Å². The van der Waals surface area contributed by atoms with Crippen molar-refractivity contribution < 1.29 is 13.5 Å². The highest BCUT2D eigenvalue weighted by Gasteiger charge is 2.08. The van der Waals surface area contributed by atoms with E-state index >= 15 is 0 Å². The van der Waals surface area contributed by atoms with Crippen molar-refractivity contribution in [2.24, 2.45) is 5.73 Å². The van der Waals surface area contributed by atoms with Crippen LogP contribution in [0.4, 0.5) is 8.78 Å². The lowest BCUT2D eigenvalue weighted by Gasteiger charge is -2.11. The van der Waals surface area contributed by atoms with E-state index in [9.17, 15) is 8.78 Å². The van der Waals surface area contributed by atoms with E-state index in [-0.39, 0.29) is 6.04 Å². The van der Waals surface area contributed by atoms with Gasteiger partial charge in [0, 0.05) is 25.8 Å². The largest absolute Gasteiger partial charge is 0.385 e. The van der Waals surface area contributed by atoms with E-state index < -0.39 is 11.6 Å². The molecule has 0 aromatic heterocycles. The highest BCUT2D eigenvalue weighted by molar-refractivity contribution is 5.19. The molecule has 1 rings (SSSR count). The summed E-state index contributed by atoms with van der Waals surface area (Å²) in [6.07, 6.45) is 1.06. The Hall–Kier alpha value is -1.00. The molecule has 0 radical (unpaired) electrons. The van der Waals surface area contributed by atoms with Crippen molar-refractivity contribution in [1.82, 2.24) is 0 Å². The minimum absolute atomic E-state index is 0.162. The van der Waals surface area contributed by atoms with Crippen LogP contribution in [-0.2, 0) is 11.2 Å². The third kappa shape index (κ3) is 3.93. The molecule has 0 aliphatic rings.